The van der Waals surface area contributed by atoms with Crippen LogP contribution in [0, 0.1) is 30.9 Å². The van der Waals surface area contributed by atoms with Gasteiger partial charge in [0.05, 0.1) is 4.92 Å². The quantitative estimate of drug-likeness (QED) is 0.554. The summed E-state index contributed by atoms with van der Waals surface area (Å²) in [4.78, 5) is 10.9. The average Bonchev–Trinajstić information content (AvgIpc) is 2.50. The van der Waals surface area contributed by atoms with Crippen molar-refractivity contribution in [1.82, 2.24) is 0 Å². The Morgan fingerprint density at radius 3 is 2.29 bits per heavy atom. The van der Waals surface area contributed by atoms with E-state index in [1.165, 1.54) is 0 Å². The second-order valence-electron chi connectivity index (χ2n) is 5.33. The van der Waals surface area contributed by atoms with Gasteiger partial charge in [-0.15, -0.1) is 0 Å². The molecule has 17 heavy (non-hydrogen) atoms. The zero-order valence-corrected chi connectivity index (χ0v) is 10.9. The Morgan fingerprint density at radius 1 is 1.18 bits per heavy atom. The van der Waals surface area contributed by atoms with Crippen LogP contribution in [0.25, 0.3) is 0 Å². The third-order valence-corrected chi connectivity index (χ3v) is 3.59. The maximum atomic E-state index is 11.2. The van der Waals surface area contributed by atoms with Gasteiger partial charge < -0.3 is 4.74 Å². The number of fused-ring (bicyclic) bond motifs is 1. The maximum absolute atomic E-state index is 11.2. The van der Waals surface area contributed by atoms with Crippen LogP contribution in [0.15, 0.2) is 0 Å². The van der Waals surface area contributed by atoms with E-state index in [1.54, 1.807) is 6.92 Å². The highest BCUT2D eigenvalue weighted by atomic mass is 16.6. The summed E-state index contributed by atoms with van der Waals surface area (Å²) in [5, 5.41) is 11.2. The van der Waals surface area contributed by atoms with E-state index >= 15 is 0 Å². The van der Waals surface area contributed by atoms with E-state index in [0.717, 1.165) is 23.1 Å². The first kappa shape index (κ1) is 11.9. The van der Waals surface area contributed by atoms with Gasteiger partial charge in [0, 0.05) is 17.5 Å². The van der Waals surface area contributed by atoms with Gasteiger partial charge in [0.25, 0.3) is 0 Å². The fourth-order valence-corrected chi connectivity index (χ4v) is 2.45. The van der Waals surface area contributed by atoms with Gasteiger partial charge in [-0.05, 0) is 45.7 Å². The molecule has 0 atom stereocenters. The van der Waals surface area contributed by atoms with E-state index in [4.69, 9.17) is 4.74 Å². The van der Waals surface area contributed by atoms with Crippen LogP contribution in [-0.2, 0) is 6.42 Å². The van der Waals surface area contributed by atoms with Crippen molar-refractivity contribution in [2.45, 2.75) is 46.6 Å². The smallest absolute Gasteiger partial charge is 0.314 e. The number of hydrogen-bond acceptors (Lipinski definition) is 3. The van der Waals surface area contributed by atoms with E-state index in [9.17, 15) is 10.1 Å². The molecule has 0 fully saturated rings. The molecule has 0 spiro atoms. The lowest BCUT2D eigenvalue weighted by molar-refractivity contribution is -0.386. The lowest BCUT2D eigenvalue weighted by atomic mass is 9.92. The monoisotopic (exact) mass is 235 g/mol. The summed E-state index contributed by atoms with van der Waals surface area (Å²) in [6.07, 6.45) is 0.732. The number of nitrogens with zero attached hydrogens (tertiary/aromatic N) is 1. The maximum Gasteiger partial charge on any atom is 0.314 e. The van der Waals surface area contributed by atoms with Gasteiger partial charge in [-0.2, -0.15) is 0 Å². The Hall–Kier alpha value is -1.58. The molecule has 0 radical (unpaired) electrons. The van der Waals surface area contributed by atoms with E-state index < -0.39 is 0 Å². The number of ether oxygens (including phenoxy) is 1. The summed E-state index contributed by atoms with van der Waals surface area (Å²) in [5.74, 6) is 0.473. The van der Waals surface area contributed by atoms with Crippen molar-refractivity contribution in [2.24, 2.45) is 0 Å². The van der Waals surface area contributed by atoms with Crippen molar-refractivity contribution in [1.29, 1.82) is 0 Å². The third kappa shape index (κ3) is 1.68. The molecule has 0 bridgehead atoms. The highest BCUT2D eigenvalue weighted by Gasteiger charge is 2.38. The SMILES string of the molecule is Cc1c(C)c2c(c([N+](=O)[O-])c1C)OC(C)(C)C2. The van der Waals surface area contributed by atoms with E-state index in [1.807, 2.05) is 27.7 Å². The van der Waals surface area contributed by atoms with Gasteiger partial charge in [0.1, 0.15) is 5.60 Å². The lowest BCUT2D eigenvalue weighted by Crippen LogP contribution is -2.24. The standard InChI is InChI=1S/C13H17NO3/c1-7-8(2)10-6-13(4,5)17-12(10)11(9(7)3)14(15)16/h6H2,1-5H3. The molecule has 1 heterocycles. The Balaban J connectivity index is 2.77. The van der Waals surface area contributed by atoms with Crippen molar-refractivity contribution in [2.75, 3.05) is 0 Å². The fourth-order valence-electron chi connectivity index (χ4n) is 2.45. The molecule has 0 unspecified atom stereocenters. The molecule has 4 nitrogen and oxygen atoms in total. The summed E-state index contributed by atoms with van der Waals surface area (Å²) in [6.45, 7) is 9.65. The second kappa shape index (κ2) is 3.45. The number of nitro benzene ring substituents is 1. The number of rotatable bonds is 1. The normalized spacial score (nSPS) is 16.5. The number of hydrogen-bond donors (Lipinski definition) is 0. The summed E-state index contributed by atoms with van der Waals surface area (Å²) in [6, 6.07) is 0. The minimum absolute atomic E-state index is 0.133. The summed E-state index contributed by atoms with van der Waals surface area (Å²) >= 11 is 0. The molecular formula is C13H17NO3. The van der Waals surface area contributed by atoms with Crippen molar-refractivity contribution >= 4 is 5.69 Å². The number of nitro groups is 1. The Labute approximate surface area is 101 Å². The Bertz CT molecular complexity index is 518. The average molecular weight is 235 g/mol. The van der Waals surface area contributed by atoms with Gasteiger partial charge in [0.2, 0.25) is 5.75 Å². The largest absolute Gasteiger partial charge is 0.480 e. The van der Waals surface area contributed by atoms with Gasteiger partial charge in [-0.1, -0.05) is 0 Å². The summed E-state index contributed by atoms with van der Waals surface area (Å²) in [5.41, 5.74) is 3.60. The first-order chi connectivity index (χ1) is 7.74. The van der Waals surface area contributed by atoms with Crippen LogP contribution in [0.3, 0.4) is 0 Å². The fraction of sp³-hybridized carbons (Fsp3) is 0.538. The predicted molar refractivity (Wildman–Crippen MR) is 65.7 cm³/mol. The minimum Gasteiger partial charge on any atom is -0.480 e. The van der Waals surface area contributed by atoms with Crippen LogP contribution in [0.1, 0.15) is 36.1 Å². The van der Waals surface area contributed by atoms with Crippen LogP contribution in [0.4, 0.5) is 5.69 Å². The van der Waals surface area contributed by atoms with Gasteiger partial charge >= 0.3 is 5.69 Å². The van der Waals surface area contributed by atoms with Crippen LogP contribution in [0.5, 0.6) is 5.75 Å². The molecule has 1 aromatic rings. The highest BCUT2D eigenvalue weighted by Crippen LogP contribution is 2.46. The molecule has 1 aromatic carbocycles. The molecule has 0 aliphatic carbocycles. The Kier molecular flexibility index (Phi) is 2.42. The molecule has 0 amide bonds. The zero-order chi connectivity index (χ0) is 13.0. The zero-order valence-electron chi connectivity index (χ0n) is 10.9. The van der Waals surface area contributed by atoms with Crippen molar-refractivity contribution in [3.8, 4) is 5.75 Å². The lowest BCUT2D eigenvalue weighted by Gasteiger charge is -2.16. The molecule has 0 saturated carbocycles. The van der Waals surface area contributed by atoms with E-state index in [2.05, 4.69) is 0 Å². The molecule has 1 aliphatic rings. The third-order valence-electron chi connectivity index (χ3n) is 3.59. The minimum atomic E-state index is -0.349. The topological polar surface area (TPSA) is 52.4 Å². The molecule has 0 saturated heterocycles. The molecular weight excluding hydrogens is 218 g/mol. The molecule has 92 valence electrons. The van der Waals surface area contributed by atoms with Crippen LogP contribution in [0.2, 0.25) is 0 Å². The summed E-state index contributed by atoms with van der Waals surface area (Å²) < 4.78 is 5.76. The first-order valence-electron chi connectivity index (χ1n) is 5.70. The van der Waals surface area contributed by atoms with Crippen molar-refractivity contribution in [3.63, 3.8) is 0 Å². The molecule has 0 aromatic heterocycles. The molecule has 1 aliphatic heterocycles. The Morgan fingerprint density at radius 2 is 1.76 bits per heavy atom. The molecule has 2 rings (SSSR count). The van der Waals surface area contributed by atoms with Gasteiger partial charge in [-0.3, -0.25) is 10.1 Å². The van der Waals surface area contributed by atoms with Crippen LogP contribution in [-0.4, -0.2) is 10.5 Å². The van der Waals surface area contributed by atoms with Crippen molar-refractivity contribution < 1.29 is 9.66 Å². The van der Waals surface area contributed by atoms with E-state index in [0.29, 0.717) is 11.3 Å². The van der Waals surface area contributed by atoms with Gasteiger partial charge in [0.15, 0.2) is 0 Å². The highest BCUT2D eigenvalue weighted by molar-refractivity contribution is 5.65. The molecule has 0 N–H and O–H groups in total. The second-order valence-corrected chi connectivity index (χ2v) is 5.33. The summed E-state index contributed by atoms with van der Waals surface area (Å²) in [7, 11) is 0. The van der Waals surface area contributed by atoms with Crippen LogP contribution >= 0.6 is 0 Å². The van der Waals surface area contributed by atoms with Crippen molar-refractivity contribution in [3.05, 3.63) is 32.4 Å². The molecule has 4 heteroatoms. The van der Waals surface area contributed by atoms with Gasteiger partial charge in [-0.25, -0.2) is 0 Å². The van der Waals surface area contributed by atoms with E-state index in [-0.39, 0.29) is 16.2 Å². The first-order valence-corrected chi connectivity index (χ1v) is 5.70. The van der Waals surface area contributed by atoms with Crippen LogP contribution < -0.4 is 4.74 Å². The number of benzene rings is 1. The predicted octanol–water partition coefficient (Wildman–Crippen LogP) is 3.23.